The molecule has 5 heteroatoms. The molecule has 1 aromatic carbocycles. The van der Waals surface area contributed by atoms with Crippen LogP contribution < -0.4 is 5.32 Å². The van der Waals surface area contributed by atoms with E-state index in [9.17, 15) is 4.79 Å². The van der Waals surface area contributed by atoms with E-state index < -0.39 is 0 Å². The summed E-state index contributed by atoms with van der Waals surface area (Å²) in [5.41, 5.74) is 3.10. The number of nitrogens with zero attached hydrogens (tertiary/aromatic N) is 2. The minimum absolute atomic E-state index is 0.0723. The molecule has 0 saturated heterocycles. The van der Waals surface area contributed by atoms with Crippen LogP contribution in [0.25, 0.3) is 0 Å². The van der Waals surface area contributed by atoms with E-state index in [0.29, 0.717) is 6.54 Å². The quantitative estimate of drug-likeness (QED) is 0.883. The maximum atomic E-state index is 11.9. The molecule has 0 saturated carbocycles. The molecule has 0 bridgehead atoms. The number of benzene rings is 1. The van der Waals surface area contributed by atoms with Crippen LogP contribution in [0.3, 0.4) is 0 Å². The second kappa shape index (κ2) is 7.47. The number of hydrogen-bond donors (Lipinski definition) is 1. The lowest BCUT2D eigenvalue weighted by atomic mass is 10.2. The molecule has 1 aromatic heterocycles. The zero-order valence-corrected chi connectivity index (χ0v) is 13.7. The Bertz CT molecular complexity index is 703. The Labute approximate surface area is 141 Å². The van der Waals surface area contributed by atoms with Gasteiger partial charge in [0.25, 0.3) is 0 Å². The van der Waals surface area contributed by atoms with E-state index in [1.165, 1.54) is 5.56 Å². The summed E-state index contributed by atoms with van der Waals surface area (Å²) >= 11 is 5.89. The predicted octanol–water partition coefficient (Wildman–Crippen LogP) is 3.35. The number of halogens is 1. The highest BCUT2D eigenvalue weighted by Gasteiger charge is 2.12. The van der Waals surface area contributed by atoms with Gasteiger partial charge in [-0.3, -0.25) is 4.79 Å². The minimum Gasteiger partial charge on any atom is -0.352 e. The van der Waals surface area contributed by atoms with Gasteiger partial charge < -0.3 is 9.88 Å². The Balaban J connectivity index is 1.47. The van der Waals surface area contributed by atoms with Gasteiger partial charge in [0.05, 0.1) is 12.0 Å². The van der Waals surface area contributed by atoms with Crippen molar-refractivity contribution in [1.82, 2.24) is 14.9 Å². The molecule has 1 aliphatic rings. The van der Waals surface area contributed by atoms with Gasteiger partial charge in [0.2, 0.25) is 5.91 Å². The third-order valence-electron chi connectivity index (χ3n) is 3.96. The van der Waals surface area contributed by atoms with Crippen LogP contribution >= 0.6 is 11.6 Å². The van der Waals surface area contributed by atoms with Gasteiger partial charge >= 0.3 is 0 Å². The molecular formula is C18H20ClN3O. The molecule has 23 heavy (non-hydrogen) atoms. The van der Waals surface area contributed by atoms with Crippen molar-refractivity contribution in [3.63, 3.8) is 0 Å². The summed E-state index contributed by atoms with van der Waals surface area (Å²) in [5, 5.41) is 3.71. The standard InChI is InChI=1S/C18H20ClN3O/c19-16-7-5-14(6-8-16)11-22-12-17(21-13-22)9-10-20-18(23)15-3-1-2-4-15/h3,5-8,12-13H,1-2,4,9-11H2,(H,20,23). The molecule has 0 aliphatic heterocycles. The third kappa shape index (κ3) is 4.45. The molecular weight excluding hydrogens is 310 g/mol. The summed E-state index contributed by atoms with van der Waals surface area (Å²) in [6.07, 6.45) is 9.65. The first-order valence-electron chi connectivity index (χ1n) is 7.93. The lowest BCUT2D eigenvalue weighted by molar-refractivity contribution is -0.117. The summed E-state index contributed by atoms with van der Waals surface area (Å²) in [5.74, 6) is 0.0723. The van der Waals surface area contributed by atoms with Crippen LogP contribution in [-0.4, -0.2) is 22.0 Å². The second-order valence-corrected chi connectivity index (χ2v) is 6.23. The monoisotopic (exact) mass is 329 g/mol. The van der Waals surface area contributed by atoms with Gasteiger partial charge in [-0.05, 0) is 37.0 Å². The largest absolute Gasteiger partial charge is 0.352 e. The first-order valence-corrected chi connectivity index (χ1v) is 8.31. The normalized spacial score (nSPS) is 13.9. The Morgan fingerprint density at radius 2 is 2.13 bits per heavy atom. The molecule has 4 nitrogen and oxygen atoms in total. The molecule has 3 rings (SSSR count). The van der Waals surface area contributed by atoms with E-state index in [4.69, 9.17) is 11.6 Å². The molecule has 0 unspecified atom stereocenters. The van der Waals surface area contributed by atoms with E-state index in [-0.39, 0.29) is 5.91 Å². The van der Waals surface area contributed by atoms with Crippen molar-refractivity contribution in [2.24, 2.45) is 0 Å². The zero-order chi connectivity index (χ0) is 16.1. The smallest absolute Gasteiger partial charge is 0.246 e. The number of rotatable bonds is 6. The fourth-order valence-corrected chi connectivity index (χ4v) is 2.84. The number of allylic oxidation sites excluding steroid dienone is 1. The highest BCUT2D eigenvalue weighted by molar-refractivity contribution is 6.30. The fourth-order valence-electron chi connectivity index (χ4n) is 2.72. The van der Waals surface area contributed by atoms with Gasteiger partial charge in [0.15, 0.2) is 0 Å². The van der Waals surface area contributed by atoms with Crippen LogP contribution in [0.4, 0.5) is 0 Å². The average molecular weight is 330 g/mol. The fraction of sp³-hybridized carbons (Fsp3) is 0.333. The van der Waals surface area contributed by atoms with Crippen LogP contribution in [-0.2, 0) is 17.8 Å². The number of hydrogen-bond acceptors (Lipinski definition) is 2. The first-order chi connectivity index (χ1) is 11.2. The lowest BCUT2D eigenvalue weighted by Crippen LogP contribution is -2.26. The van der Waals surface area contributed by atoms with Crippen molar-refractivity contribution in [2.75, 3.05) is 6.54 Å². The van der Waals surface area contributed by atoms with E-state index in [2.05, 4.69) is 10.3 Å². The van der Waals surface area contributed by atoms with Crippen molar-refractivity contribution in [2.45, 2.75) is 32.2 Å². The van der Waals surface area contributed by atoms with E-state index in [0.717, 1.165) is 48.5 Å². The van der Waals surface area contributed by atoms with E-state index >= 15 is 0 Å². The van der Waals surface area contributed by atoms with E-state index in [1.54, 1.807) is 0 Å². The van der Waals surface area contributed by atoms with E-state index in [1.807, 2.05) is 47.4 Å². The summed E-state index contributed by atoms with van der Waals surface area (Å²) < 4.78 is 2.04. The number of nitrogens with one attached hydrogen (secondary N) is 1. The van der Waals surface area contributed by atoms with Gasteiger partial charge in [-0.1, -0.05) is 29.8 Å². The Morgan fingerprint density at radius 3 is 2.87 bits per heavy atom. The third-order valence-corrected chi connectivity index (χ3v) is 4.22. The number of carbonyl (C=O) groups is 1. The molecule has 1 N–H and O–H groups in total. The molecule has 120 valence electrons. The zero-order valence-electron chi connectivity index (χ0n) is 13.0. The van der Waals surface area contributed by atoms with Crippen LogP contribution in [0, 0.1) is 0 Å². The van der Waals surface area contributed by atoms with Crippen molar-refractivity contribution >= 4 is 17.5 Å². The van der Waals surface area contributed by atoms with Gasteiger partial charge in [-0.15, -0.1) is 0 Å². The maximum Gasteiger partial charge on any atom is 0.246 e. The molecule has 1 heterocycles. The molecule has 0 atom stereocenters. The number of imidazole rings is 1. The average Bonchev–Trinajstić information content (AvgIpc) is 3.21. The molecule has 0 radical (unpaired) electrons. The second-order valence-electron chi connectivity index (χ2n) is 5.79. The SMILES string of the molecule is O=C(NCCc1cn(Cc2ccc(Cl)cc2)cn1)C1=CCCC1. The Kier molecular flexibility index (Phi) is 5.13. The van der Waals surface area contributed by atoms with Gasteiger partial charge in [-0.2, -0.15) is 0 Å². The van der Waals surface area contributed by atoms with Gasteiger partial charge in [-0.25, -0.2) is 4.98 Å². The summed E-state index contributed by atoms with van der Waals surface area (Å²) in [7, 11) is 0. The van der Waals surface area contributed by atoms with Crippen molar-refractivity contribution in [3.8, 4) is 0 Å². The maximum absolute atomic E-state index is 11.9. The summed E-state index contributed by atoms with van der Waals surface area (Å²) in [6.45, 7) is 1.39. The first kappa shape index (κ1) is 15.8. The lowest BCUT2D eigenvalue weighted by Gasteiger charge is -2.04. The number of aromatic nitrogens is 2. The van der Waals surface area contributed by atoms with Crippen LogP contribution in [0.1, 0.15) is 30.5 Å². The molecule has 0 spiro atoms. The van der Waals surface area contributed by atoms with Crippen molar-refractivity contribution in [3.05, 3.63) is 64.7 Å². The van der Waals surface area contributed by atoms with Crippen molar-refractivity contribution in [1.29, 1.82) is 0 Å². The highest BCUT2D eigenvalue weighted by atomic mass is 35.5. The van der Waals surface area contributed by atoms with Crippen LogP contribution in [0.2, 0.25) is 5.02 Å². The number of amides is 1. The molecule has 0 fully saturated rings. The molecule has 1 amide bonds. The van der Waals surface area contributed by atoms with Gasteiger partial charge in [0.1, 0.15) is 0 Å². The topological polar surface area (TPSA) is 46.9 Å². The molecule has 1 aliphatic carbocycles. The molecule has 2 aromatic rings. The van der Waals surface area contributed by atoms with Crippen LogP contribution in [0.15, 0.2) is 48.4 Å². The van der Waals surface area contributed by atoms with Crippen LogP contribution in [0.5, 0.6) is 0 Å². The number of carbonyl (C=O) groups excluding carboxylic acids is 1. The Hall–Kier alpha value is -2.07. The van der Waals surface area contributed by atoms with Gasteiger partial charge in [0, 0.05) is 36.3 Å². The summed E-state index contributed by atoms with van der Waals surface area (Å²) in [4.78, 5) is 16.3. The summed E-state index contributed by atoms with van der Waals surface area (Å²) in [6, 6.07) is 7.80. The minimum atomic E-state index is 0.0723. The predicted molar refractivity (Wildman–Crippen MR) is 91.4 cm³/mol. The van der Waals surface area contributed by atoms with Crippen molar-refractivity contribution < 1.29 is 4.79 Å². The highest BCUT2D eigenvalue weighted by Crippen LogP contribution is 2.17. The Morgan fingerprint density at radius 1 is 1.30 bits per heavy atom.